The van der Waals surface area contributed by atoms with E-state index in [9.17, 15) is 9.59 Å². The van der Waals surface area contributed by atoms with Gasteiger partial charge in [0.05, 0.1) is 12.6 Å². The molecule has 1 aliphatic rings. The molecular formula is C10H18N2O4. The van der Waals surface area contributed by atoms with Gasteiger partial charge in [-0.15, -0.1) is 0 Å². The van der Waals surface area contributed by atoms with Crippen molar-refractivity contribution in [2.75, 3.05) is 13.2 Å². The van der Waals surface area contributed by atoms with Gasteiger partial charge in [-0.1, -0.05) is 6.92 Å². The summed E-state index contributed by atoms with van der Waals surface area (Å²) in [5.74, 6) is -1.03. The maximum atomic E-state index is 11.7. The summed E-state index contributed by atoms with van der Waals surface area (Å²) in [6, 6.07) is -1.43. The second-order valence-corrected chi connectivity index (χ2v) is 3.92. The molecule has 0 aromatic rings. The highest BCUT2D eigenvalue weighted by Gasteiger charge is 2.30. The van der Waals surface area contributed by atoms with Crippen molar-refractivity contribution in [3.8, 4) is 0 Å². The van der Waals surface area contributed by atoms with Crippen molar-refractivity contribution in [3.05, 3.63) is 0 Å². The van der Waals surface area contributed by atoms with E-state index in [2.05, 4.69) is 5.32 Å². The first-order valence-corrected chi connectivity index (χ1v) is 5.51. The highest BCUT2D eigenvalue weighted by atomic mass is 16.4. The van der Waals surface area contributed by atoms with Gasteiger partial charge in [-0.25, -0.2) is 9.59 Å². The molecule has 0 spiro atoms. The van der Waals surface area contributed by atoms with Crippen LogP contribution in [-0.4, -0.2) is 52.3 Å². The van der Waals surface area contributed by atoms with E-state index in [1.807, 2.05) is 0 Å². The molecule has 2 amide bonds. The molecule has 0 saturated carbocycles. The summed E-state index contributed by atoms with van der Waals surface area (Å²) in [5, 5.41) is 20.3. The van der Waals surface area contributed by atoms with Gasteiger partial charge in [-0.2, -0.15) is 0 Å². The van der Waals surface area contributed by atoms with Crippen LogP contribution in [0.25, 0.3) is 0 Å². The van der Waals surface area contributed by atoms with E-state index in [1.54, 1.807) is 6.92 Å². The zero-order valence-corrected chi connectivity index (χ0v) is 9.35. The van der Waals surface area contributed by atoms with Crippen LogP contribution < -0.4 is 5.32 Å². The fourth-order valence-electron chi connectivity index (χ4n) is 1.86. The van der Waals surface area contributed by atoms with Crippen LogP contribution in [0.3, 0.4) is 0 Å². The fourth-order valence-corrected chi connectivity index (χ4v) is 1.86. The Bertz CT molecular complexity index is 270. The topological polar surface area (TPSA) is 89.9 Å². The molecule has 0 aromatic carbocycles. The highest BCUT2D eigenvalue weighted by Crippen LogP contribution is 2.16. The molecule has 1 rings (SSSR count). The molecule has 1 saturated heterocycles. The minimum Gasteiger partial charge on any atom is -0.480 e. The van der Waals surface area contributed by atoms with E-state index in [1.165, 1.54) is 4.90 Å². The zero-order valence-electron chi connectivity index (χ0n) is 9.35. The number of rotatable bonds is 4. The quantitative estimate of drug-likeness (QED) is 0.635. The minimum atomic E-state index is -1.03. The van der Waals surface area contributed by atoms with E-state index >= 15 is 0 Å². The molecule has 1 fully saturated rings. The maximum Gasteiger partial charge on any atom is 0.326 e. The Morgan fingerprint density at radius 2 is 2.25 bits per heavy atom. The summed E-state index contributed by atoms with van der Waals surface area (Å²) in [5.41, 5.74) is 0. The van der Waals surface area contributed by atoms with Crippen LogP contribution in [0, 0.1) is 0 Å². The predicted molar refractivity (Wildman–Crippen MR) is 57.1 cm³/mol. The number of amides is 2. The Kier molecular flexibility index (Phi) is 4.54. The Hall–Kier alpha value is -1.30. The molecule has 6 heteroatoms. The first-order chi connectivity index (χ1) is 7.60. The van der Waals surface area contributed by atoms with Gasteiger partial charge in [0.15, 0.2) is 0 Å². The standard InChI is InChI=1S/C10H18N2O4/c1-2-8(9(14)15)11-10(16)12-5-3-4-7(12)6-13/h7-8,13H,2-6H2,1H3,(H,11,16)(H,14,15)/t7?,8-/m0/s1. The van der Waals surface area contributed by atoms with Crippen LogP contribution >= 0.6 is 0 Å². The molecule has 92 valence electrons. The van der Waals surface area contributed by atoms with Crippen LogP contribution in [0.2, 0.25) is 0 Å². The Labute approximate surface area is 94.2 Å². The molecule has 2 atom stereocenters. The summed E-state index contributed by atoms with van der Waals surface area (Å²) in [7, 11) is 0. The third kappa shape index (κ3) is 2.85. The Balaban J connectivity index is 2.54. The molecule has 0 radical (unpaired) electrons. The van der Waals surface area contributed by atoms with Crippen molar-refractivity contribution in [3.63, 3.8) is 0 Å². The molecule has 6 nitrogen and oxygen atoms in total. The average Bonchev–Trinajstić information content (AvgIpc) is 2.72. The van der Waals surface area contributed by atoms with Crippen LogP contribution in [-0.2, 0) is 4.79 Å². The molecule has 1 heterocycles. The number of aliphatic hydroxyl groups is 1. The molecule has 0 bridgehead atoms. The summed E-state index contributed by atoms with van der Waals surface area (Å²) < 4.78 is 0. The SMILES string of the molecule is CC[C@H](NC(=O)N1CCCC1CO)C(=O)O. The van der Waals surface area contributed by atoms with Gasteiger partial charge in [0, 0.05) is 6.54 Å². The lowest BCUT2D eigenvalue weighted by Crippen LogP contribution is -2.49. The third-order valence-corrected chi connectivity index (χ3v) is 2.85. The molecule has 1 aliphatic heterocycles. The van der Waals surface area contributed by atoms with Gasteiger partial charge >= 0.3 is 12.0 Å². The average molecular weight is 230 g/mol. The lowest BCUT2D eigenvalue weighted by molar-refractivity contribution is -0.139. The lowest BCUT2D eigenvalue weighted by Gasteiger charge is -2.25. The molecule has 0 aliphatic carbocycles. The number of nitrogens with zero attached hydrogens (tertiary/aromatic N) is 1. The molecular weight excluding hydrogens is 212 g/mol. The number of carboxylic acid groups (broad SMARTS) is 1. The monoisotopic (exact) mass is 230 g/mol. The number of hydrogen-bond acceptors (Lipinski definition) is 3. The molecule has 0 aromatic heterocycles. The van der Waals surface area contributed by atoms with E-state index in [0.717, 1.165) is 12.8 Å². The number of aliphatic carboxylic acids is 1. The van der Waals surface area contributed by atoms with Gasteiger partial charge in [0.25, 0.3) is 0 Å². The van der Waals surface area contributed by atoms with E-state index in [0.29, 0.717) is 13.0 Å². The summed E-state index contributed by atoms with van der Waals surface area (Å²) in [4.78, 5) is 24.0. The normalized spacial score (nSPS) is 21.9. The number of carboxylic acids is 1. The van der Waals surface area contributed by atoms with E-state index in [4.69, 9.17) is 10.2 Å². The van der Waals surface area contributed by atoms with Crippen molar-refractivity contribution in [2.45, 2.75) is 38.3 Å². The molecule has 1 unspecified atom stereocenters. The predicted octanol–water partition coefficient (Wildman–Crippen LogP) is 0.0159. The van der Waals surface area contributed by atoms with Gasteiger partial charge in [-0.3, -0.25) is 0 Å². The second kappa shape index (κ2) is 5.69. The molecule has 3 N–H and O–H groups in total. The minimum absolute atomic E-state index is 0.0721. The van der Waals surface area contributed by atoms with Crippen molar-refractivity contribution < 1.29 is 19.8 Å². The first-order valence-electron chi connectivity index (χ1n) is 5.51. The van der Waals surface area contributed by atoms with Crippen LogP contribution in [0.5, 0.6) is 0 Å². The molecule has 16 heavy (non-hydrogen) atoms. The van der Waals surface area contributed by atoms with Crippen molar-refractivity contribution in [2.24, 2.45) is 0 Å². The maximum absolute atomic E-state index is 11.7. The smallest absolute Gasteiger partial charge is 0.326 e. The summed E-state index contributed by atoms with van der Waals surface area (Å²) in [6.07, 6.45) is 1.97. The first kappa shape index (κ1) is 12.8. The lowest BCUT2D eigenvalue weighted by atomic mass is 10.2. The van der Waals surface area contributed by atoms with Crippen LogP contribution in [0.15, 0.2) is 0 Å². The Morgan fingerprint density at radius 3 is 2.75 bits per heavy atom. The zero-order chi connectivity index (χ0) is 12.1. The largest absolute Gasteiger partial charge is 0.480 e. The number of aliphatic hydroxyl groups excluding tert-OH is 1. The van der Waals surface area contributed by atoms with Gasteiger partial charge < -0.3 is 20.4 Å². The van der Waals surface area contributed by atoms with Crippen molar-refractivity contribution in [1.29, 1.82) is 0 Å². The Morgan fingerprint density at radius 1 is 1.56 bits per heavy atom. The summed E-state index contributed by atoms with van der Waals surface area (Å²) >= 11 is 0. The number of carbonyl (C=O) groups is 2. The summed E-state index contributed by atoms with van der Waals surface area (Å²) in [6.45, 7) is 2.21. The second-order valence-electron chi connectivity index (χ2n) is 3.92. The van der Waals surface area contributed by atoms with E-state index in [-0.39, 0.29) is 12.6 Å². The third-order valence-electron chi connectivity index (χ3n) is 2.85. The van der Waals surface area contributed by atoms with Crippen LogP contribution in [0.1, 0.15) is 26.2 Å². The highest BCUT2D eigenvalue weighted by molar-refractivity contribution is 5.82. The number of hydrogen-bond donors (Lipinski definition) is 3. The van der Waals surface area contributed by atoms with E-state index < -0.39 is 18.0 Å². The van der Waals surface area contributed by atoms with Crippen LogP contribution in [0.4, 0.5) is 4.79 Å². The fraction of sp³-hybridized carbons (Fsp3) is 0.800. The van der Waals surface area contributed by atoms with Crippen molar-refractivity contribution >= 4 is 12.0 Å². The van der Waals surface area contributed by atoms with Gasteiger partial charge in [0.1, 0.15) is 6.04 Å². The number of likely N-dealkylation sites (tertiary alicyclic amines) is 1. The number of nitrogens with one attached hydrogen (secondary N) is 1. The van der Waals surface area contributed by atoms with Crippen molar-refractivity contribution in [1.82, 2.24) is 10.2 Å². The van der Waals surface area contributed by atoms with Gasteiger partial charge in [0.2, 0.25) is 0 Å². The number of urea groups is 1. The van der Waals surface area contributed by atoms with Gasteiger partial charge in [-0.05, 0) is 19.3 Å². The number of carbonyl (C=O) groups excluding carboxylic acids is 1.